The zero-order valence-corrected chi connectivity index (χ0v) is 17.8. The lowest BCUT2D eigenvalue weighted by molar-refractivity contribution is -0.149. The summed E-state index contributed by atoms with van der Waals surface area (Å²) in [6.45, 7) is 2.00. The Hall–Kier alpha value is -2.95. The minimum Gasteiger partial charge on any atom is -0.493 e. The van der Waals surface area contributed by atoms with Crippen LogP contribution in [-0.2, 0) is 10.5 Å². The van der Waals surface area contributed by atoms with Crippen LogP contribution in [0.25, 0.3) is 0 Å². The lowest BCUT2D eigenvalue weighted by Crippen LogP contribution is -2.48. The standard InChI is InChI=1S/C23H22N2O4S/c1-14-4-6-15(7-5-14)17-11-21(26)25-22(18(17)12-24)30-13-23(25,27)16-8-9-19(28-2)20(10-16)29-3/h4-10,17,27H,11,13H2,1-3H3/t17-,23+/m1/s1. The van der Waals surface area contributed by atoms with Crippen molar-refractivity contribution in [3.05, 3.63) is 69.8 Å². The van der Waals surface area contributed by atoms with Gasteiger partial charge in [0.05, 0.1) is 36.6 Å². The molecule has 1 saturated heterocycles. The molecular weight excluding hydrogens is 400 g/mol. The van der Waals surface area contributed by atoms with E-state index >= 15 is 0 Å². The number of hydrogen-bond donors (Lipinski definition) is 1. The molecule has 1 N–H and O–H groups in total. The van der Waals surface area contributed by atoms with Gasteiger partial charge in [0.15, 0.2) is 17.2 Å². The number of carbonyl (C=O) groups excluding carboxylic acids is 1. The average molecular weight is 423 g/mol. The van der Waals surface area contributed by atoms with Crippen LogP contribution in [0.2, 0.25) is 0 Å². The van der Waals surface area contributed by atoms with Crippen LogP contribution in [0, 0.1) is 18.3 Å². The summed E-state index contributed by atoms with van der Waals surface area (Å²) in [7, 11) is 3.06. The first-order valence-corrected chi connectivity index (χ1v) is 10.5. The van der Waals surface area contributed by atoms with Gasteiger partial charge in [0.25, 0.3) is 0 Å². The monoisotopic (exact) mass is 422 g/mol. The van der Waals surface area contributed by atoms with Gasteiger partial charge in [-0.25, -0.2) is 0 Å². The van der Waals surface area contributed by atoms with Gasteiger partial charge < -0.3 is 14.6 Å². The molecule has 154 valence electrons. The highest BCUT2D eigenvalue weighted by atomic mass is 32.2. The quantitative estimate of drug-likeness (QED) is 0.810. The minimum atomic E-state index is -1.56. The van der Waals surface area contributed by atoms with Crippen LogP contribution in [-0.4, -0.2) is 35.9 Å². The fraction of sp³-hybridized carbons (Fsp3) is 0.304. The topological polar surface area (TPSA) is 82.8 Å². The molecule has 2 atom stereocenters. The molecule has 6 nitrogen and oxygen atoms in total. The first kappa shape index (κ1) is 20.3. The van der Waals surface area contributed by atoms with Gasteiger partial charge in [-0.3, -0.25) is 9.69 Å². The zero-order chi connectivity index (χ0) is 21.5. The average Bonchev–Trinajstić information content (AvgIpc) is 3.13. The molecule has 30 heavy (non-hydrogen) atoms. The molecule has 0 unspecified atom stereocenters. The number of benzene rings is 2. The normalized spacial score (nSPS) is 23.2. The van der Waals surface area contributed by atoms with Crippen LogP contribution >= 0.6 is 11.8 Å². The first-order valence-electron chi connectivity index (χ1n) is 9.54. The number of aliphatic hydroxyl groups is 1. The maximum atomic E-state index is 13.2. The molecule has 0 spiro atoms. The molecule has 0 aliphatic carbocycles. The zero-order valence-electron chi connectivity index (χ0n) is 17.0. The Morgan fingerprint density at radius 1 is 1.17 bits per heavy atom. The number of amides is 1. The summed E-state index contributed by atoms with van der Waals surface area (Å²) in [5.74, 6) is 0.711. The Labute approximate surface area is 179 Å². The van der Waals surface area contributed by atoms with Gasteiger partial charge in [-0.2, -0.15) is 5.26 Å². The lowest BCUT2D eigenvalue weighted by Gasteiger charge is -2.38. The van der Waals surface area contributed by atoms with Gasteiger partial charge in [-0.15, -0.1) is 11.8 Å². The molecule has 0 bridgehead atoms. The van der Waals surface area contributed by atoms with E-state index in [1.54, 1.807) is 18.2 Å². The van der Waals surface area contributed by atoms with Crippen molar-refractivity contribution < 1.29 is 19.4 Å². The van der Waals surface area contributed by atoms with Crippen LogP contribution < -0.4 is 9.47 Å². The van der Waals surface area contributed by atoms with Crippen LogP contribution in [0.4, 0.5) is 0 Å². The van der Waals surface area contributed by atoms with E-state index in [2.05, 4.69) is 6.07 Å². The predicted molar refractivity (Wildman–Crippen MR) is 114 cm³/mol. The van der Waals surface area contributed by atoms with Gasteiger partial charge in [-0.05, 0) is 24.6 Å². The number of thioether (sulfide) groups is 1. The second kappa shape index (κ2) is 7.71. The molecule has 7 heteroatoms. The largest absolute Gasteiger partial charge is 0.493 e. The number of nitriles is 1. The van der Waals surface area contributed by atoms with Gasteiger partial charge in [0.2, 0.25) is 5.91 Å². The number of methoxy groups -OCH3 is 2. The number of fused-ring (bicyclic) bond motifs is 1. The fourth-order valence-corrected chi connectivity index (χ4v) is 5.37. The van der Waals surface area contributed by atoms with Crippen molar-refractivity contribution in [3.8, 4) is 17.6 Å². The molecule has 2 aliphatic rings. The van der Waals surface area contributed by atoms with Crippen LogP contribution in [0.3, 0.4) is 0 Å². The van der Waals surface area contributed by atoms with Gasteiger partial charge in [-0.1, -0.05) is 35.9 Å². The van der Waals surface area contributed by atoms with Crippen molar-refractivity contribution in [2.75, 3.05) is 20.0 Å². The summed E-state index contributed by atoms with van der Waals surface area (Å²) in [6.07, 6.45) is 0.131. The number of ether oxygens (including phenoxy) is 2. The van der Waals surface area contributed by atoms with Crippen molar-refractivity contribution in [3.63, 3.8) is 0 Å². The SMILES string of the molecule is COc1ccc([C@@]2(O)CSC3=C(C#N)[C@@H](c4ccc(C)cc4)CC(=O)N32)cc1OC. The van der Waals surface area contributed by atoms with Gasteiger partial charge in [0, 0.05) is 17.9 Å². The number of allylic oxidation sites excluding steroid dienone is 1. The van der Waals surface area contributed by atoms with Gasteiger partial charge >= 0.3 is 0 Å². The summed E-state index contributed by atoms with van der Waals surface area (Å²) >= 11 is 1.33. The molecule has 0 aromatic heterocycles. The molecule has 1 amide bonds. The maximum Gasteiger partial charge on any atom is 0.231 e. The Morgan fingerprint density at radius 3 is 2.50 bits per heavy atom. The fourth-order valence-electron chi connectivity index (χ4n) is 4.01. The number of carbonyl (C=O) groups is 1. The van der Waals surface area contributed by atoms with Crippen molar-refractivity contribution in [2.45, 2.75) is 25.0 Å². The van der Waals surface area contributed by atoms with Crippen molar-refractivity contribution in [1.82, 2.24) is 4.90 Å². The van der Waals surface area contributed by atoms with Crippen LogP contribution in [0.1, 0.15) is 29.0 Å². The molecule has 1 fully saturated rings. The summed E-state index contributed by atoms with van der Waals surface area (Å²) in [5.41, 5.74) is 1.52. The number of aryl methyl sites for hydroxylation is 1. The molecule has 0 radical (unpaired) electrons. The summed E-state index contributed by atoms with van der Waals surface area (Å²) in [4.78, 5) is 14.6. The van der Waals surface area contributed by atoms with Crippen LogP contribution in [0.5, 0.6) is 11.5 Å². The Kier molecular flexibility index (Phi) is 5.22. The Morgan fingerprint density at radius 2 is 1.87 bits per heavy atom. The first-order chi connectivity index (χ1) is 14.4. The highest BCUT2D eigenvalue weighted by Crippen LogP contribution is 2.52. The van der Waals surface area contributed by atoms with Crippen molar-refractivity contribution in [1.29, 1.82) is 5.26 Å². The number of nitrogens with zero attached hydrogens (tertiary/aromatic N) is 2. The van der Waals surface area contributed by atoms with E-state index in [4.69, 9.17) is 9.47 Å². The predicted octanol–water partition coefficient (Wildman–Crippen LogP) is 3.66. The van der Waals surface area contributed by atoms with E-state index in [1.165, 1.54) is 30.9 Å². The molecule has 4 rings (SSSR count). The molecular formula is C23H22N2O4S. The molecule has 2 aromatic carbocycles. The van der Waals surface area contributed by atoms with E-state index < -0.39 is 5.72 Å². The highest BCUT2D eigenvalue weighted by Gasteiger charge is 2.52. The van der Waals surface area contributed by atoms with E-state index in [9.17, 15) is 15.2 Å². The van der Waals surface area contributed by atoms with Crippen molar-refractivity contribution >= 4 is 17.7 Å². The van der Waals surface area contributed by atoms with E-state index in [0.717, 1.165) is 11.1 Å². The Bertz CT molecular complexity index is 1070. The van der Waals surface area contributed by atoms with E-state index in [-0.39, 0.29) is 24.0 Å². The second-order valence-corrected chi connectivity index (χ2v) is 8.37. The van der Waals surface area contributed by atoms with E-state index in [0.29, 0.717) is 27.7 Å². The third-order valence-electron chi connectivity index (χ3n) is 5.64. The molecule has 2 heterocycles. The molecule has 2 aromatic rings. The summed E-state index contributed by atoms with van der Waals surface area (Å²) in [6, 6.07) is 15.3. The van der Waals surface area contributed by atoms with Gasteiger partial charge in [0.1, 0.15) is 0 Å². The second-order valence-electron chi connectivity index (χ2n) is 7.40. The van der Waals surface area contributed by atoms with Crippen molar-refractivity contribution in [2.24, 2.45) is 0 Å². The van der Waals surface area contributed by atoms with E-state index in [1.807, 2.05) is 31.2 Å². The minimum absolute atomic E-state index is 0.131. The third-order valence-corrected chi connectivity index (χ3v) is 6.86. The maximum absolute atomic E-state index is 13.2. The highest BCUT2D eigenvalue weighted by molar-refractivity contribution is 8.03. The Balaban J connectivity index is 1.79. The summed E-state index contributed by atoms with van der Waals surface area (Å²) < 4.78 is 10.6. The van der Waals surface area contributed by atoms with Crippen LogP contribution in [0.15, 0.2) is 53.1 Å². The number of hydrogen-bond acceptors (Lipinski definition) is 6. The number of rotatable bonds is 4. The smallest absolute Gasteiger partial charge is 0.231 e. The summed E-state index contributed by atoms with van der Waals surface area (Å²) in [5, 5.41) is 22.0. The third kappa shape index (κ3) is 3.13. The lowest BCUT2D eigenvalue weighted by atomic mass is 9.85. The molecule has 0 saturated carbocycles. The molecule has 2 aliphatic heterocycles.